The number of aryl methyl sites for hydroxylation is 1. The van der Waals surface area contributed by atoms with Crippen LogP contribution in [0.15, 0.2) is 34.1 Å². The van der Waals surface area contributed by atoms with Gasteiger partial charge in [-0.2, -0.15) is 0 Å². The van der Waals surface area contributed by atoms with Crippen LogP contribution < -0.4 is 0 Å². The van der Waals surface area contributed by atoms with Gasteiger partial charge >= 0.3 is 5.97 Å². The van der Waals surface area contributed by atoms with Crippen molar-refractivity contribution in [3.05, 3.63) is 50.1 Å². The number of pyridine rings is 1. The van der Waals surface area contributed by atoms with Crippen LogP contribution in [-0.2, 0) is 12.8 Å². The molecule has 0 aliphatic heterocycles. The number of fused-ring (bicyclic) bond motifs is 4. The summed E-state index contributed by atoms with van der Waals surface area (Å²) in [6, 6.07) is 7.65. The molecule has 2 heterocycles. The molecule has 0 amide bonds. The Morgan fingerprint density at radius 2 is 2.14 bits per heavy atom. The third kappa shape index (κ3) is 1.92. The van der Waals surface area contributed by atoms with Gasteiger partial charge in [-0.25, -0.2) is 9.78 Å². The van der Waals surface area contributed by atoms with Crippen molar-refractivity contribution in [2.75, 3.05) is 0 Å². The predicted molar refractivity (Wildman–Crippen MR) is 87.1 cm³/mol. The number of hydrogen-bond donors (Lipinski definition) is 1. The van der Waals surface area contributed by atoms with Gasteiger partial charge in [0.25, 0.3) is 0 Å². The molecule has 1 aliphatic rings. The lowest BCUT2D eigenvalue weighted by atomic mass is 9.89. The van der Waals surface area contributed by atoms with Crippen molar-refractivity contribution in [3.63, 3.8) is 0 Å². The molecule has 0 radical (unpaired) electrons. The van der Waals surface area contributed by atoms with Crippen molar-refractivity contribution in [2.45, 2.75) is 12.8 Å². The SMILES string of the molecule is O=C(O)c1c2c(nc3ccc(Br)cc13)-c1ccsc1CC2. The van der Waals surface area contributed by atoms with Gasteiger partial charge in [0.05, 0.1) is 16.8 Å². The largest absolute Gasteiger partial charge is 0.478 e. The average Bonchev–Trinajstić information content (AvgIpc) is 2.93. The van der Waals surface area contributed by atoms with E-state index in [-0.39, 0.29) is 0 Å². The molecule has 0 bridgehead atoms. The van der Waals surface area contributed by atoms with E-state index >= 15 is 0 Å². The Labute approximate surface area is 133 Å². The molecule has 0 saturated heterocycles. The van der Waals surface area contributed by atoms with E-state index in [0.29, 0.717) is 10.9 Å². The second-order valence-corrected chi connectivity index (χ2v) is 6.95. The first-order chi connectivity index (χ1) is 10.1. The quantitative estimate of drug-likeness (QED) is 0.694. The minimum Gasteiger partial charge on any atom is -0.478 e. The number of carboxylic acid groups (broad SMARTS) is 1. The van der Waals surface area contributed by atoms with E-state index in [4.69, 9.17) is 4.98 Å². The maximum absolute atomic E-state index is 11.8. The summed E-state index contributed by atoms with van der Waals surface area (Å²) in [7, 11) is 0. The van der Waals surface area contributed by atoms with Gasteiger partial charge in [-0.1, -0.05) is 15.9 Å². The summed E-state index contributed by atoms with van der Waals surface area (Å²) in [5.74, 6) is -0.879. The smallest absolute Gasteiger partial charge is 0.336 e. The van der Waals surface area contributed by atoms with Gasteiger partial charge in [-0.3, -0.25) is 0 Å². The summed E-state index contributed by atoms with van der Waals surface area (Å²) >= 11 is 5.13. The zero-order valence-electron chi connectivity index (χ0n) is 10.9. The summed E-state index contributed by atoms with van der Waals surface area (Å²) in [5.41, 5.74) is 3.92. The van der Waals surface area contributed by atoms with E-state index in [2.05, 4.69) is 15.9 Å². The van der Waals surface area contributed by atoms with Crippen LogP contribution in [0.4, 0.5) is 0 Å². The number of thiophene rings is 1. The van der Waals surface area contributed by atoms with Crippen LogP contribution in [0.3, 0.4) is 0 Å². The highest BCUT2D eigenvalue weighted by molar-refractivity contribution is 9.10. The number of hydrogen-bond acceptors (Lipinski definition) is 3. The van der Waals surface area contributed by atoms with E-state index in [1.165, 1.54) is 4.88 Å². The van der Waals surface area contributed by atoms with Gasteiger partial charge in [-0.15, -0.1) is 11.3 Å². The van der Waals surface area contributed by atoms with E-state index in [0.717, 1.165) is 39.7 Å². The third-order valence-electron chi connectivity index (χ3n) is 3.86. The first-order valence-electron chi connectivity index (χ1n) is 6.57. The number of halogens is 1. The van der Waals surface area contributed by atoms with E-state index < -0.39 is 5.97 Å². The molecule has 1 aliphatic carbocycles. The highest BCUT2D eigenvalue weighted by atomic mass is 79.9. The summed E-state index contributed by atoms with van der Waals surface area (Å²) in [6.45, 7) is 0. The van der Waals surface area contributed by atoms with E-state index in [1.54, 1.807) is 11.3 Å². The third-order valence-corrected chi connectivity index (χ3v) is 5.34. The van der Waals surface area contributed by atoms with Crippen LogP contribution in [0.25, 0.3) is 22.2 Å². The first-order valence-corrected chi connectivity index (χ1v) is 8.24. The van der Waals surface area contributed by atoms with Crippen LogP contribution >= 0.6 is 27.3 Å². The standard InChI is InChI=1S/C16H10BrNO2S/c17-8-1-3-12-11(7-8)14(16(19)20)10-2-4-13-9(5-6-21-13)15(10)18-12/h1,3,5-7H,2,4H2,(H,19,20). The van der Waals surface area contributed by atoms with Crippen molar-refractivity contribution in [1.82, 2.24) is 4.98 Å². The fourth-order valence-corrected chi connectivity index (χ4v) is 4.21. The molecule has 0 atom stereocenters. The molecular weight excluding hydrogens is 350 g/mol. The van der Waals surface area contributed by atoms with Crippen molar-refractivity contribution >= 4 is 44.1 Å². The number of carbonyl (C=O) groups is 1. The molecule has 104 valence electrons. The molecule has 3 aromatic rings. The zero-order valence-corrected chi connectivity index (χ0v) is 13.3. The number of benzene rings is 1. The highest BCUT2D eigenvalue weighted by Crippen LogP contribution is 2.39. The number of carboxylic acids is 1. The molecule has 5 heteroatoms. The monoisotopic (exact) mass is 359 g/mol. The normalized spacial score (nSPS) is 13.0. The lowest BCUT2D eigenvalue weighted by molar-refractivity contribution is 0.0698. The Hall–Kier alpha value is -1.72. The van der Waals surface area contributed by atoms with Crippen molar-refractivity contribution in [3.8, 4) is 11.3 Å². The molecule has 4 rings (SSSR count). The Balaban J connectivity index is 2.15. The lowest BCUT2D eigenvalue weighted by Gasteiger charge is -2.19. The van der Waals surface area contributed by atoms with Gasteiger partial charge in [0.2, 0.25) is 0 Å². The first kappa shape index (κ1) is 13.0. The van der Waals surface area contributed by atoms with Crippen LogP contribution in [-0.4, -0.2) is 16.1 Å². The minimum atomic E-state index is -0.879. The van der Waals surface area contributed by atoms with Gasteiger partial charge in [0.1, 0.15) is 0 Å². The lowest BCUT2D eigenvalue weighted by Crippen LogP contribution is -2.12. The number of nitrogens with zero attached hydrogens (tertiary/aromatic N) is 1. The molecule has 0 saturated carbocycles. The zero-order chi connectivity index (χ0) is 14.6. The second kappa shape index (κ2) is 4.64. The number of rotatable bonds is 1. The van der Waals surface area contributed by atoms with Crippen molar-refractivity contribution < 1.29 is 9.90 Å². The van der Waals surface area contributed by atoms with Crippen LogP contribution in [0, 0.1) is 0 Å². The molecule has 1 N–H and O–H groups in total. The Morgan fingerprint density at radius 1 is 1.29 bits per heavy atom. The van der Waals surface area contributed by atoms with Gasteiger partial charge in [0, 0.05) is 20.3 Å². The van der Waals surface area contributed by atoms with Gasteiger partial charge in [-0.05, 0) is 48.1 Å². The fourth-order valence-electron chi connectivity index (χ4n) is 2.97. The molecule has 21 heavy (non-hydrogen) atoms. The maximum atomic E-state index is 11.8. The van der Waals surface area contributed by atoms with Crippen LogP contribution in [0.2, 0.25) is 0 Å². The van der Waals surface area contributed by atoms with E-state index in [9.17, 15) is 9.90 Å². The fraction of sp³-hybridized carbons (Fsp3) is 0.125. The van der Waals surface area contributed by atoms with Gasteiger partial charge in [0.15, 0.2) is 0 Å². The summed E-state index contributed by atoms with van der Waals surface area (Å²) in [5, 5.41) is 12.4. The van der Waals surface area contributed by atoms with Gasteiger partial charge < -0.3 is 5.11 Å². The minimum absolute atomic E-state index is 0.396. The molecule has 0 unspecified atom stereocenters. The highest BCUT2D eigenvalue weighted by Gasteiger charge is 2.26. The number of aromatic carboxylic acids is 1. The Bertz CT molecular complexity index is 901. The average molecular weight is 360 g/mol. The topological polar surface area (TPSA) is 50.2 Å². The van der Waals surface area contributed by atoms with E-state index in [1.807, 2.05) is 29.6 Å². The molecular formula is C16H10BrNO2S. The molecule has 1 aromatic carbocycles. The van der Waals surface area contributed by atoms with Crippen LogP contribution in [0.1, 0.15) is 20.8 Å². The molecule has 0 fully saturated rings. The van der Waals surface area contributed by atoms with Crippen molar-refractivity contribution in [2.24, 2.45) is 0 Å². The summed E-state index contributed by atoms with van der Waals surface area (Å²) in [4.78, 5) is 17.8. The summed E-state index contributed by atoms with van der Waals surface area (Å²) < 4.78 is 0.867. The second-order valence-electron chi connectivity index (χ2n) is 5.04. The predicted octanol–water partition coefficient (Wildman–Crippen LogP) is 4.52. The molecule has 2 aromatic heterocycles. The molecule has 0 spiro atoms. The number of aromatic nitrogens is 1. The summed E-state index contributed by atoms with van der Waals surface area (Å²) in [6.07, 6.45) is 1.63. The van der Waals surface area contributed by atoms with Crippen LogP contribution in [0.5, 0.6) is 0 Å². The molecule has 3 nitrogen and oxygen atoms in total. The Kier molecular flexibility index (Phi) is 2.87. The maximum Gasteiger partial charge on any atom is 0.336 e. The van der Waals surface area contributed by atoms with Crippen molar-refractivity contribution in [1.29, 1.82) is 0 Å². The Morgan fingerprint density at radius 3 is 2.95 bits per heavy atom.